The van der Waals surface area contributed by atoms with E-state index < -0.39 is 32.4 Å². The smallest absolute Gasteiger partial charge is 0.382 e. The standard InChI is InChI=1S/C12H28O6Si/c1-9(2,13)11(5,6)15-17-19-18-16-12(7,8)10(3,4)14/h13-14H,19H2,1-8H3. The highest BCUT2D eigenvalue weighted by Crippen LogP contribution is 2.26. The number of hydrogen-bond donors (Lipinski definition) is 2. The van der Waals surface area contributed by atoms with Crippen LogP contribution in [0.2, 0.25) is 0 Å². The van der Waals surface area contributed by atoms with Crippen LogP contribution in [0.3, 0.4) is 0 Å². The maximum Gasteiger partial charge on any atom is 0.382 e. The Hall–Kier alpha value is -0.0231. The van der Waals surface area contributed by atoms with Gasteiger partial charge >= 0.3 is 10.0 Å². The lowest BCUT2D eigenvalue weighted by Crippen LogP contribution is -2.48. The third-order valence-corrected chi connectivity index (χ3v) is 4.01. The lowest BCUT2D eigenvalue weighted by atomic mass is 9.90. The molecule has 7 heteroatoms. The number of hydrogen-bond acceptors (Lipinski definition) is 6. The monoisotopic (exact) mass is 296 g/mol. The molecule has 0 rings (SSSR count). The first-order chi connectivity index (χ1) is 8.21. The van der Waals surface area contributed by atoms with Crippen molar-refractivity contribution in [2.45, 2.75) is 77.8 Å². The average molecular weight is 296 g/mol. The Kier molecular flexibility index (Phi) is 6.16. The Morgan fingerprint density at radius 3 is 1.11 bits per heavy atom. The summed E-state index contributed by atoms with van der Waals surface area (Å²) in [5, 5.41) is 19.7. The van der Waals surface area contributed by atoms with Gasteiger partial charge in [-0.25, -0.2) is 9.78 Å². The second-order valence-electron chi connectivity index (χ2n) is 6.66. The molecule has 0 aliphatic heterocycles. The van der Waals surface area contributed by atoms with Crippen LogP contribution in [0.1, 0.15) is 55.4 Å². The van der Waals surface area contributed by atoms with E-state index >= 15 is 0 Å². The molecule has 0 aromatic carbocycles. The predicted octanol–water partition coefficient (Wildman–Crippen LogP) is 0.981. The summed E-state index contributed by atoms with van der Waals surface area (Å²) in [6.45, 7) is 13.4. The van der Waals surface area contributed by atoms with Crippen molar-refractivity contribution in [2.75, 3.05) is 0 Å². The largest absolute Gasteiger partial charge is 0.387 e. The van der Waals surface area contributed by atoms with Crippen LogP contribution < -0.4 is 0 Å². The minimum Gasteiger partial charge on any atom is -0.387 e. The number of aliphatic hydroxyl groups is 2. The molecule has 0 radical (unpaired) electrons. The van der Waals surface area contributed by atoms with Gasteiger partial charge in [-0.1, -0.05) is 0 Å². The van der Waals surface area contributed by atoms with Gasteiger partial charge in [-0.15, -0.1) is 0 Å². The highest BCUT2D eigenvalue weighted by Gasteiger charge is 2.39. The molecular formula is C12H28O6Si. The molecular weight excluding hydrogens is 268 g/mol. The van der Waals surface area contributed by atoms with Crippen LogP contribution in [0.4, 0.5) is 0 Å². The molecule has 0 aromatic heterocycles. The molecule has 0 bridgehead atoms. The van der Waals surface area contributed by atoms with Crippen LogP contribution in [0.5, 0.6) is 0 Å². The molecule has 0 unspecified atom stereocenters. The third-order valence-electron chi connectivity index (χ3n) is 3.58. The highest BCUT2D eigenvalue weighted by atomic mass is 28.3. The first-order valence-corrected chi connectivity index (χ1v) is 7.42. The molecule has 0 atom stereocenters. The lowest BCUT2D eigenvalue weighted by Gasteiger charge is -2.36. The molecule has 116 valence electrons. The normalized spacial score (nSPS) is 14.8. The van der Waals surface area contributed by atoms with Gasteiger partial charge in [-0.05, 0) is 55.4 Å². The fraction of sp³-hybridized carbons (Fsp3) is 1.00. The molecule has 0 heterocycles. The fourth-order valence-corrected chi connectivity index (χ4v) is 1.29. The molecule has 0 amide bonds. The zero-order valence-electron chi connectivity index (χ0n) is 13.2. The van der Waals surface area contributed by atoms with E-state index in [1.54, 1.807) is 55.4 Å². The average Bonchev–Trinajstić information content (AvgIpc) is 2.12. The molecule has 6 nitrogen and oxygen atoms in total. The highest BCUT2D eigenvalue weighted by molar-refractivity contribution is 6.17. The Morgan fingerprint density at radius 2 is 0.895 bits per heavy atom. The molecule has 0 aromatic rings. The van der Waals surface area contributed by atoms with Gasteiger partial charge in [-0.2, -0.15) is 0 Å². The van der Waals surface area contributed by atoms with E-state index in [1.807, 2.05) is 0 Å². The quantitative estimate of drug-likeness (QED) is 0.301. The summed E-state index contributed by atoms with van der Waals surface area (Å²) in [7, 11) is -1.53. The van der Waals surface area contributed by atoms with Crippen LogP contribution in [0, 0.1) is 0 Å². The second-order valence-corrected chi connectivity index (χ2v) is 7.37. The van der Waals surface area contributed by atoms with Crippen molar-refractivity contribution >= 4 is 10.0 Å². The van der Waals surface area contributed by atoms with Gasteiger partial charge in [0.1, 0.15) is 11.2 Å². The van der Waals surface area contributed by atoms with E-state index in [0.29, 0.717) is 0 Å². The molecule has 0 aliphatic carbocycles. The first-order valence-electron chi connectivity index (χ1n) is 6.27. The first kappa shape index (κ1) is 19.0. The molecule has 0 saturated heterocycles. The van der Waals surface area contributed by atoms with E-state index in [0.717, 1.165) is 0 Å². The topological polar surface area (TPSA) is 77.4 Å². The predicted molar refractivity (Wildman–Crippen MR) is 73.6 cm³/mol. The van der Waals surface area contributed by atoms with E-state index in [9.17, 15) is 10.2 Å². The summed E-state index contributed by atoms with van der Waals surface area (Å²) in [5.41, 5.74) is -3.83. The van der Waals surface area contributed by atoms with Crippen LogP contribution in [-0.2, 0) is 18.9 Å². The zero-order valence-corrected chi connectivity index (χ0v) is 14.6. The Balaban J connectivity index is 4.03. The fourth-order valence-electron chi connectivity index (χ4n) is 0.566. The molecule has 2 N–H and O–H groups in total. The SMILES string of the molecule is CC(C)(O)C(C)(C)OO[SiH2]OOC(C)(C)C(C)(C)O. The summed E-state index contributed by atoms with van der Waals surface area (Å²) in [6, 6.07) is 0. The zero-order chi connectivity index (χ0) is 15.5. The van der Waals surface area contributed by atoms with Crippen LogP contribution in [-0.4, -0.2) is 42.6 Å². The molecule has 0 fully saturated rings. The second kappa shape index (κ2) is 6.17. The van der Waals surface area contributed by atoms with Gasteiger partial charge in [0.05, 0.1) is 11.2 Å². The van der Waals surface area contributed by atoms with Gasteiger partial charge in [0.15, 0.2) is 0 Å². The molecule has 19 heavy (non-hydrogen) atoms. The van der Waals surface area contributed by atoms with Crippen molar-refractivity contribution in [3.05, 3.63) is 0 Å². The van der Waals surface area contributed by atoms with Crippen LogP contribution in [0.25, 0.3) is 0 Å². The summed E-state index contributed by atoms with van der Waals surface area (Å²) < 4.78 is 9.97. The summed E-state index contributed by atoms with van der Waals surface area (Å²) in [5.74, 6) is 0. The van der Waals surface area contributed by atoms with Gasteiger partial charge in [0, 0.05) is 0 Å². The van der Waals surface area contributed by atoms with Crippen molar-refractivity contribution in [3.8, 4) is 0 Å². The van der Waals surface area contributed by atoms with Crippen molar-refractivity contribution in [3.63, 3.8) is 0 Å². The maximum atomic E-state index is 9.84. The molecule has 0 saturated carbocycles. The summed E-state index contributed by atoms with van der Waals surface area (Å²) >= 11 is 0. The van der Waals surface area contributed by atoms with Crippen molar-refractivity contribution in [1.82, 2.24) is 0 Å². The van der Waals surface area contributed by atoms with Crippen LogP contribution >= 0.6 is 0 Å². The van der Waals surface area contributed by atoms with E-state index in [1.165, 1.54) is 0 Å². The minimum absolute atomic E-state index is 0.866. The Morgan fingerprint density at radius 1 is 0.632 bits per heavy atom. The number of rotatable bonds is 8. The molecule has 0 spiro atoms. The van der Waals surface area contributed by atoms with Crippen LogP contribution in [0.15, 0.2) is 0 Å². The third kappa shape index (κ3) is 5.86. The van der Waals surface area contributed by atoms with Gasteiger partial charge < -0.3 is 10.2 Å². The van der Waals surface area contributed by atoms with Crippen molar-refractivity contribution in [1.29, 1.82) is 0 Å². The minimum atomic E-state index is -1.53. The summed E-state index contributed by atoms with van der Waals surface area (Å²) in [4.78, 5) is 10.3. The lowest BCUT2D eigenvalue weighted by molar-refractivity contribution is -0.368. The van der Waals surface area contributed by atoms with Gasteiger partial charge in [-0.3, -0.25) is 9.15 Å². The van der Waals surface area contributed by atoms with Crippen molar-refractivity contribution in [2.24, 2.45) is 0 Å². The maximum absolute atomic E-state index is 9.84. The molecule has 0 aliphatic rings. The Labute approximate surface area is 117 Å². The van der Waals surface area contributed by atoms with Crippen molar-refractivity contribution < 1.29 is 29.1 Å². The van der Waals surface area contributed by atoms with E-state index in [2.05, 4.69) is 0 Å². The van der Waals surface area contributed by atoms with E-state index in [4.69, 9.17) is 18.9 Å². The van der Waals surface area contributed by atoms with Gasteiger partial charge in [0.2, 0.25) is 0 Å². The summed E-state index contributed by atoms with van der Waals surface area (Å²) in [6.07, 6.45) is 0. The van der Waals surface area contributed by atoms with Gasteiger partial charge in [0.25, 0.3) is 0 Å². The Bertz CT molecular complexity index is 249. The van der Waals surface area contributed by atoms with E-state index in [-0.39, 0.29) is 0 Å².